The van der Waals surface area contributed by atoms with Crippen LogP contribution in [0, 0.1) is 0 Å². The maximum Gasteiger partial charge on any atom is 0.417 e. The van der Waals surface area contributed by atoms with Gasteiger partial charge in [0.05, 0.1) is 17.4 Å². The minimum absolute atomic E-state index is 0.00334. The maximum atomic E-state index is 12.4. The Kier molecular flexibility index (Phi) is 3.81. The van der Waals surface area contributed by atoms with Gasteiger partial charge in [-0.05, 0) is 35.5 Å². The third-order valence-electron chi connectivity index (χ3n) is 2.02. The predicted octanol–water partition coefficient (Wildman–Crippen LogP) is 3.28. The van der Waals surface area contributed by atoms with Crippen LogP contribution in [-0.2, 0) is 6.18 Å². The second-order valence-corrected chi connectivity index (χ2v) is 4.73. The molecule has 0 unspecified atom stereocenters. The first-order valence-corrected chi connectivity index (χ1v) is 6.05. The summed E-state index contributed by atoms with van der Waals surface area (Å²) in [5.41, 5.74) is 5.08. The fourth-order valence-electron chi connectivity index (χ4n) is 1.14. The lowest BCUT2D eigenvalue weighted by molar-refractivity contribution is -0.137. The highest BCUT2D eigenvalue weighted by molar-refractivity contribution is 7.99. The first-order chi connectivity index (χ1) is 8.86. The van der Waals surface area contributed by atoms with E-state index in [0.717, 1.165) is 24.0 Å². The molecule has 0 bridgehead atoms. The Labute approximate surface area is 115 Å². The first kappa shape index (κ1) is 13.9. The van der Waals surface area contributed by atoms with Crippen LogP contribution in [0.25, 0.3) is 0 Å². The van der Waals surface area contributed by atoms with Crippen LogP contribution in [0.4, 0.5) is 18.9 Å². The van der Waals surface area contributed by atoms with E-state index in [4.69, 9.17) is 17.3 Å². The predicted molar refractivity (Wildman–Crippen MR) is 64.8 cm³/mol. The van der Waals surface area contributed by atoms with Crippen molar-refractivity contribution in [2.45, 2.75) is 16.2 Å². The molecular weight excluding hydrogens is 301 g/mol. The summed E-state index contributed by atoms with van der Waals surface area (Å²) in [5, 5.41) is 0.672. The monoisotopic (exact) mass is 306 g/mol. The Morgan fingerprint density at radius 3 is 2.47 bits per heavy atom. The van der Waals surface area contributed by atoms with Gasteiger partial charge in [-0.15, -0.1) is 0 Å². The van der Waals surface area contributed by atoms with Gasteiger partial charge in [0.25, 0.3) is 0 Å². The molecule has 9 heteroatoms. The second-order valence-electron chi connectivity index (χ2n) is 3.38. The molecule has 2 aromatic rings. The molecule has 0 saturated heterocycles. The van der Waals surface area contributed by atoms with E-state index in [2.05, 4.69) is 15.0 Å². The molecular formula is C10H6ClF3N4S. The molecule has 0 spiro atoms. The minimum atomic E-state index is -4.41. The zero-order valence-electron chi connectivity index (χ0n) is 9.15. The standard InChI is InChI=1S/C10H6ClF3N4S/c11-9-17-4-6(15)8(18-9)19-7-2-1-5(3-16-7)10(12,13)14/h1-4H,15H2. The van der Waals surface area contributed by atoms with E-state index >= 15 is 0 Å². The molecule has 19 heavy (non-hydrogen) atoms. The van der Waals surface area contributed by atoms with E-state index in [0.29, 0.717) is 10.1 Å². The first-order valence-electron chi connectivity index (χ1n) is 4.85. The number of aromatic nitrogens is 3. The smallest absolute Gasteiger partial charge is 0.395 e. The summed E-state index contributed by atoms with van der Waals surface area (Å²) in [6, 6.07) is 2.18. The largest absolute Gasteiger partial charge is 0.417 e. The highest BCUT2D eigenvalue weighted by Crippen LogP contribution is 2.32. The van der Waals surface area contributed by atoms with Crippen LogP contribution in [0.15, 0.2) is 34.6 Å². The summed E-state index contributed by atoms with van der Waals surface area (Å²) in [4.78, 5) is 11.2. The summed E-state index contributed by atoms with van der Waals surface area (Å²) in [7, 11) is 0. The Hall–Kier alpha value is -1.54. The zero-order chi connectivity index (χ0) is 14.0. The Morgan fingerprint density at radius 2 is 1.89 bits per heavy atom. The number of pyridine rings is 1. The van der Waals surface area contributed by atoms with Gasteiger partial charge in [0.2, 0.25) is 5.28 Å². The molecule has 0 aliphatic carbocycles. The highest BCUT2D eigenvalue weighted by Gasteiger charge is 2.30. The van der Waals surface area contributed by atoms with E-state index < -0.39 is 11.7 Å². The van der Waals surface area contributed by atoms with Gasteiger partial charge in [-0.2, -0.15) is 13.2 Å². The Bertz CT molecular complexity index is 588. The van der Waals surface area contributed by atoms with Crippen LogP contribution in [0.2, 0.25) is 5.28 Å². The lowest BCUT2D eigenvalue weighted by Gasteiger charge is -2.07. The number of hydrogen-bond acceptors (Lipinski definition) is 5. The van der Waals surface area contributed by atoms with Crippen LogP contribution < -0.4 is 5.73 Å². The van der Waals surface area contributed by atoms with Gasteiger partial charge < -0.3 is 5.73 Å². The summed E-state index contributed by atoms with van der Waals surface area (Å²) < 4.78 is 37.1. The SMILES string of the molecule is Nc1cnc(Cl)nc1Sc1ccc(C(F)(F)F)cn1. The van der Waals surface area contributed by atoms with Crippen molar-refractivity contribution in [3.8, 4) is 0 Å². The molecule has 0 fully saturated rings. The minimum Gasteiger partial charge on any atom is -0.395 e. The number of halogens is 4. The summed E-state index contributed by atoms with van der Waals surface area (Å²) in [6.07, 6.45) is -2.34. The van der Waals surface area contributed by atoms with E-state index in [1.54, 1.807) is 0 Å². The van der Waals surface area contributed by atoms with E-state index in [1.807, 2.05) is 0 Å². The van der Waals surface area contributed by atoms with Crippen LogP contribution in [-0.4, -0.2) is 15.0 Å². The molecule has 2 aromatic heterocycles. The van der Waals surface area contributed by atoms with Crippen molar-refractivity contribution in [2.24, 2.45) is 0 Å². The van der Waals surface area contributed by atoms with Crippen LogP contribution in [0.1, 0.15) is 5.56 Å². The molecule has 0 saturated carbocycles. The third kappa shape index (κ3) is 3.48. The van der Waals surface area contributed by atoms with Crippen molar-refractivity contribution < 1.29 is 13.2 Å². The van der Waals surface area contributed by atoms with Gasteiger partial charge in [-0.1, -0.05) is 0 Å². The van der Waals surface area contributed by atoms with Gasteiger partial charge in [-0.3, -0.25) is 0 Å². The van der Waals surface area contributed by atoms with Crippen molar-refractivity contribution in [1.82, 2.24) is 15.0 Å². The normalized spacial score (nSPS) is 11.6. The summed E-state index contributed by atoms with van der Waals surface area (Å²) in [6.45, 7) is 0. The Morgan fingerprint density at radius 1 is 1.16 bits per heavy atom. The average molecular weight is 307 g/mol. The summed E-state index contributed by atoms with van der Waals surface area (Å²) >= 11 is 6.62. The molecule has 0 aliphatic heterocycles. The molecule has 2 rings (SSSR count). The molecule has 4 nitrogen and oxygen atoms in total. The van der Waals surface area contributed by atoms with Crippen molar-refractivity contribution in [2.75, 3.05) is 5.73 Å². The highest BCUT2D eigenvalue weighted by atomic mass is 35.5. The van der Waals surface area contributed by atoms with Crippen LogP contribution >= 0.6 is 23.4 Å². The maximum absolute atomic E-state index is 12.4. The lowest BCUT2D eigenvalue weighted by Crippen LogP contribution is -2.05. The van der Waals surface area contributed by atoms with E-state index in [9.17, 15) is 13.2 Å². The second kappa shape index (κ2) is 5.22. The van der Waals surface area contributed by atoms with E-state index in [-0.39, 0.29) is 11.0 Å². The fourth-order valence-corrected chi connectivity index (χ4v) is 2.07. The fraction of sp³-hybridized carbons (Fsp3) is 0.100. The number of nitrogen functional groups attached to an aromatic ring is 1. The van der Waals surface area contributed by atoms with Crippen molar-refractivity contribution in [3.63, 3.8) is 0 Å². The van der Waals surface area contributed by atoms with E-state index in [1.165, 1.54) is 12.3 Å². The van der Waals surface area contributed by atoms with Crippen molar-refractivity contribution >= 4 is 29.1 Å². The van der Waals surface area contributed by atoms with Gasteiger partial charge in [0, 0.05) is 6.20 Å². The van der Waals surface area contributed by atoms with Gasteiger partial charge >= 0.3 is 6.18 Å². The molecule has 0 aliphatic rings. The number of nitrogens with two attached hydrogens (primary N) is 1. The molecule has 100 valence electrons. The number of nitrogens with zero attached hydrogens (tertiary/aromatic N) is 3. The molecule has 0 amide bonds. The van der Waals surface area contributed by atoms with Crippen molar-refractivity contribution in [3.05, 3.63) is 35.4 Å². The van der Waals surface area contributed by atoms with Crippen LogP contribution in [0.5, 0.6) is 0 Å². The number of anilines is 1. The topological polar surface area (TPSA) is 64.7 Å². The number of rotatable bonds is 2. The molecule has 2 heterocycles. The summed E-state index contributed by atoms with van der Waals surface area (Å²) in [5.74, 6) is 0. The number of alkyl halides is 3. The molecule has 0 atom stereocenters. The van der Waals surface area contributed by atoms with Gasteiger partial charge in [-0.25, -0.2) is 15.0 Å². The zero-order valence-corrected chi connectivity index (χ0v) is 10.7. The molecule has 2 N–H and O–H groups in total. The Balaban J connectivity index is 2.22. The van der Waals surface area contributed by atoms with Gasteiger partial charge in [0.15, 0.2) is 0 Å². The quantitative estimate of drug-likeness (QED) is 0.681. The lowest BCUT2D eigenvalue weighted by atomic mass is 10.3. The van der Waals surface area contributed by atoms with Crippen LogP contribution in [0.3, 0.4) is 0 Å². The number of hydrogen-bond donors (Lipinski definition) is 1. The molecule has 0 aromatic carbocycles. The third-order valence-corrected chi connectivity index (χ3v) is 3.17. The van der Waals surface area contributed by atoms with Gasteiger partial charge in [0.1, 0.15) is 10.1 Å². The molecule has 0 radical (unpaired) electrons. The van der Waals surface area contributed by atoms with Crippen molar-refractivity contribution in [1.29, 1.82) is 0 Å². The average Bonchev–Trinajstić information content (AvgIpc) is 2.33.